The lowest BCUT2D eigenvalue weighted by molar-refractivity contribution is 0.221. The van der Waals surface area contributed by atoms with E-state index in [1.54, 1.807) is 18.8 Å². The maximum absolute atomic E-state index is 5.34. The van der Waals surface area contributed by atoms with Crippen LogP contribution >= 0.6 is 0 Å². The van der Waals surface area contributed by atoms with E-state index < -0.39 is 0 Å². The third kappa shape index (κ3) is 2.51. The van der Waals surface area contributed by atoms with Crippen molar-refractivity contribution >= 4 is 0 Å². The Labute approximate surface area is 79.2 Å². The van der Waals surface area contributed by atoms with E-state index in [1.807, 2.05) is 0 Å². The van der Waals surface area contributed by atoms with Gasteiger partial charge >= 0.3 is 0 Å². The monoisotopic (exact) mass is 180 g/mol. The minimum absolute atomic E-state index is 0.815. The molecule has 0 aromatic rings. The summed E-state index contributed by atoms with van der Waals surface area (Å²) in [4.78, 5) is 0. The fourth-order valence-electron chi connectivity index (χ4n) is 2.06. The zero-order chi connectivity index (χ0) is 8.93. The van der Waals surface area contributed by atoms with Gasteiger partial charge in [-0.15, -0.1) is 0 Å². The van der Waals surface area contributed by atoms with Crippen molar-refractivity contribution in [3.05, 3.63) is 24.5 Å². The molecule has 2 heteroatoms. The third-order valence-electron chi connectivity index (χ3n) is 2.77. The Morgan fingerprint density at radius 1 is 1.15 bits per heavy atom. The fraction of sp³-hybridized carbons (Fsp3) is 0.636. The predicted octanol–water partition coefficient (Wildman–Crippen LogP) is 3.32. The first kappa shape index (κ1) is 8.67. The molecule has 0 aromatic carbocycles. The van der Waals surface area contributed by atoms with E-state index in [0.717, 1.165) is 18.1 Å². The predicted molar refractivity (Wildman–Crippen MR) is 50.6 cm³/mol. The second-order valence-electron chi connectivity index (χ2n) is 3.82. The SMILES string of the molecule is C1=COC(CC2CCCCC2)=CO1. The smallest absolute Gasteiger partial charge is 0.139 e. The van der Waals surface area contributed by atoms with Crippen LogP contribution in [0.2, 0.25) is 0 Å². The van der Waals surface area contributed by atoms with Crippen molar-refractivity contribution < 1.29 is 9.47 Å². The van der Waals surface area contributed by atoms with Gasteiger partial charge in [-0.05, 0) is 5.92 Å². The number of rotatable bonds is 2. The van der Waals surface area contributed by atoms with Gasteiger partial charge in [0.2, 0.25) is 0 Å². The van der Waals surface area contributed by atoms with E-state index in [9.17, 15) is 0 Å². The van der Waals surface area contributed by atoms with Crippen LogP contribution in [0.3, 0.4) is 0 Å². The van der Waals surface area contributed by atoms with E-state index in [-0.39, 0.29) is 0 Å². The van der Waals surface area contributed by atoms with Gasteiger partial charge < -0.3 is 9.47 Å². The quantitative estimate of drug-likeness (QED) is 0.649. The zero-order valence-electron chi connectivity index (χ0n) is 7.87. The second kappa shape index (κ2) is 4.35. The van der Waals surface area contributed by atoms with Crippen molar-refractivity contribution in [3.63, 3.8) is 0 Å². The van der Waals surface area contributed by atoms with Crippen LogP contribution in [0.1, 0.15) is 38.5 Å². The van der Waals surface area contributed by atoms with Crippen LogP contribution in [0.25, 0.3) is 0 Å². The topological polar surface area (TPSA) is 18.5 Å². The van der Waals surface area contributed by atoms with Crippen molar-refractivity contribution in [1.82, 2.24) is 0 Å². The Morgan fingerprint density at radius 2 is 2.00 bits per heavy atom. The van der Waals surface area contributed by atoms with Crippen LogP contribution in [0.4, 0.5) is 0 Å². The van der Waals surface area contributed by atoms with Crippen LogP contribution < -0.4 is 0 Å². The molecule has 0 radical (unpaired) electrons. The molecule has 0 aromatic heterocycles. The van der Waals surface area contributed by atoms with Gasteiger partial charge in [-0.1, -0.05) is 32.1 Å². The summed E-state index contributed by atoms with van der Waals surface area (Å²) in [5.41, 5.74) is 0. The number of hydrogen-bond acceptors (Lipinski definition) is 2. The molecule has 0 atom stereocenters. The van der Waals surface area contributed by atoms with Crippen LogP contribution in [0, 0.1) is 5.92 Å². The molecule has 0 amide bonds. The van der Waals surface area contributed by atoms with Gasteiger partial charge in [0.05, 0.1) is 0 Å². The largest absolute Gasteiger partial charge is 0.466 e. The van der Waals surface area contributed by atoms with E-state index in [2.05, 4.69) is 0 Å². The van der Waals surface area contributed by atoms with E-state index >= 15 is 0 Å². The molecule has 0 bridgehead atoms. The molecule has 1 aliphatic heterocycles. The van der Waals surface area contributed by atoms with E-state index in [4.69, 9.17) is 9.47 Å². The number of ether oxygens (including phenoxy) is 2. The Kier molecular flexibility index (Phi) is 2.90. The Hall–Kier alpha value is -0.920. The summed E-state index contributed by atoms with van der Waals surface area (Å²) in [6.07, 6.45) is 12.8. The van der Waals surface area contributed by atoms with Gasteiger partial charge in [0.15, 0.2) is 0 Å². The van der Waals surface area contributed by atoms with Crippen molar-refractivity contribution in [1.29, 1.82) is 0 Å². The van der Waals surface area contributed by atoms with Crippen LogP contribution in [0.5, 0.6) is 0 Å². The van der Waals surface area contributed by atoms with Gasteiger partial charge in [-0.2, -0.15) is 0 Å². The van der Waals surface area contributed by atoms with Gasteiger partial charge in [-0.3, -0.25) is 0 Å². The van der Waals surface area contributed by atoms with Gasteiger partial charge in [0, 0.05) is 6.42 Å². The fourth-order valence-corrected chi connectivity index (χ4v) is 2.06. The molecule has 0 N–H and O–H groups in total. The van der Waals surface area contributed by atoms with E-state index in [1.165, 1.54) is 32.1 Å². The standard InChI is InChI=1S/C11H16O2/c1-2-4-10(5-3-1)8-11-9-12-6-7-13-11/h6-7,9-10H,1-5,8H2. The van der Waals surface area contributed by atoms with Crippen LogP contribution in [-0.2, 0) is 9.47 Å². The normalized spacial score (nSPS) is 23.2. The van der Waals surface area contributed by atoms with E-state index in [0.29, 0.717) is 0 Å². The summed E-state index contributed by atoms with van der Waals surface area (Å²) in [5.74, 6) is 1.80. The molecule has 13 heavy (non-hydrogen) atoms. The maximum Gasteiger partial charge on any atom is 0.139 e. The second-order valence-corrected chi connectivity index (χ2v) is 3.82. The molecule has 0 unspecified atom stereocenters. The molecule has 1 fully saturated rings. The Morgan fingerprint density at radius 3 is 2.69 bits per heavy atom. The molecule has 0 saturated heterocycles. The highest BCUT2D eigenvalue weighted by Gasteiger charge is 2.16. The average Bonchev–Trinajstić information content (AvgIpc) is 2.21. The molecule has 1 heterocycles. The van der Waals surface area contributed by atoms with Crippen molar-refractivity contribution in [3.8, 4) is 0 Å². The summed E-state index contributed by atoms with van der Waals surface area (Å²) in [7, 11) is 0. The number of hydrogen-bond donors (Lipinski definition) is 0. The highest BCUT2D eigenvalue weighted by molar-refractivity contribution is 4.96. The molecule has 2 nitrogen and oxygen atoms in total. The molecule has 0 spiro atoms. The first-order chi connectivity index (χ1) is 6.45. The Balaban J connectivity index is 1.79. The van der Waals surface area contributed by atoms with Crippen molar-refractivity contribution in [2.75, 3.05) is 0 Å². The van der Waals surface area contributed by atoms with Crippen molar-refractivity contribution in [2.45, 2.75) is 38.5 Å². The zero-order valence-corrected chi connectivity index (χ0v) is 7.87. The lowest BCUT2D eigenvalue weighted by Gasteiger charge is -2.22. The molecule has 2 aliphatic rings. The minimum atomic E-state index is 0.815. The highest BCUT2D eigenvalue weighted by Crippen LogP contribution is 2.29. The highest BCUT2D eigenvalue weighted by atomic mass is 16.5. The van der Waals surface area contributed by atoms with Crippen LogP contribution in [0.15, 0.2) is 24.5 Å². The minimum Gasteiger partial charge on any atom is -0.466 e. The summed E-state index contributed by atoms with van der Waals surface area (Å²) < 4.78 is 10.4. The molecular weight excluding hydrogens is 164 g/mol. The lowest BCUT2D eigenvalue weighted by atomic mass is 9.86. The molecule has 2 rings (SSSR count). The van der Waals surface area contributed by atoms with Gasteiger partial charge in [-0.25, -0.2) is 0 Å². The van der Waals surface area contributed by atoms with Gasteiger partial charge in [0.1, 0.15) is 24.5 Å². The van der Waals surface area contributed by atoms with Crippen molar-refractivity contribution in [2.24, 2.45) is 5.92 Å². The summed E-state index contributed by atoms with van der Waals surface area (Å²) >= 11 is 0. The summed E-state index contributed by atoms with van der Waals surface area (Å²) in [6, 6.07) is 0. The van der Waals surface area contributed by atoms with Crippen LogP contribution in [-0.4, -0.2) is 0 Å². The lowest BCUT2D eigenvalue weighted by Crippen LogP contribution is -2.08. The average molecular weight is 180 g/mol. The first-order valence-electron chi connectivity index (χ1n) is 5.11. The summed E-state index contributed by atoms with van der Waals surface area (Å²) in [6.45, 7) is 0. The maximum atomic E-state index is 5.34. The number of allylic oxidation sites excluding steroid dienone is 1. The third-order valence-corrected chi connectivity index (χ3v) is 2.77. The summed E-state index contributed by atoms with van der Waals surface area (Å²) in [5, 5.41) is 0. The van der Waals surface area contributed by atoms with Gasteiger partial charge in [0.25, 0.3) is 0 Å². The first-order valence-corrected chi connectivity index (χ1v) is 5.11. The molecular formula is C11H16O2. The molecule has 1 aliphatic carbocycles. The molecule has 72 valence electrons. The Bertz CT molecular complexity index is 212. The molecule has 1 saturated carbocycles.